The summed E-state index contributed by atoms with van der Waals surface area (Å²) in [5, 5.41) is 2.01. The van der Waals surface area contributed by atoms with E-state index in [2.05, 4.69) is 38.1 Å². The molecule has 1 aromatic carbocycles. The maximum Gasteiger partial charge on any atom is 0.0505 e. The zero-order valence-corrected chi connectivity index (χ0v) is 9.90. The van der Waals surface area contributed by atoms with Crippen molar-refractivity contribution >= 4 is 17.0 Å². The minimum atomic E-state index is 0.891. The van der Waals surface area contributed by atoms with Crippen molar-refractivity contribution in [3.8, 4) is 11.1 Å². The molecule has 0 saturated heterocycles. The molecule has 0 aliphatic heterocycles. The zero-order chi connectivity index (χ0) is 10.8. The van der Waals surface area contributed by atoms with Crippen LogP contribution in [0, 0.1) is 6.92 Å². The number of thiophene rings is 1. The molecule has 2 rings (SSSR count). The van der Waals surface area contributed by atoms with E-state index in [-0.39, 0.29) is 0 Å². The van der Waals surface area contributed by atoms with Crippen molar-refractivity contribution in [3.05, 3.63) is 40.1 Å². The van der Waals surface area contributed by atoms with Gasteiger partial charge in [0.2, 0.25) is 0 Å². The maximum absolute atomic E-state index is 5.95. The molecule has 0 radical (unpaired) electrons. The maximum atomic E-state index is 5.95. The number of rotatable bonds is 2. The fourth-order valence-corrected chi connectivity index (χ4v) is 2.53. The molecule has 0 unspecified atom stereocenters. The smallest absolute Gasteiger partial charge is 0.0505 e. The summed E-state index contributed by atoms with van der Waals surface area (Å²) < 4.78 is 0. The molecule has 0 atom stereocenters. The summed E-state index contributed by atoms with van der Waals surface area (Å²) in [6.45, 7) is 4.28. The van der Waals surface area contributed by atoms with Crippen molar-refractivity contribution in [2.75, 3.05) is 5.73 Å². The Balaban J connectivity index is 2.45. The molecule has 2 aromatic rings. The third-order valence-corrected chi connectivity index (χ3v) is 3.58. The number of hydrogen-bond donors (Lipinski definition) is 1. The van der Waals surface area contributed by atoms with E-state index < -0.39 is 0 Å². The molecule has 15 heavy (non-hydrogen) atoms. The quantitative estimate of drug-likeness (QED) is 0.812. The Morgan fingerprint density at radius 3 is 2.33 bits per heavy atom. The van der Waals surface area contributed by atoms with Crippen LogP contribution in [0.3, 0.4) is 0 Å². The Hall–Kier alpha value is -1.28. The van der Waals surface area contributed by atoms with Crippen LogP contribution in [0.4, 0.5) is 5.69 Å². The lowest BCUT2D eigenvalue weighted by atomic mass is 10.0. The topological polar surface area (TPSA) is 26.0 Å². The minimum absolute atomic E-state index is 0.891. The molecule has 0 spiro atoms. The van der Waals surface area contributed by atoms with Crippen LogP contribution < -0.4 is 5.73 Å². The molecule has 2 heteroatoms. The van der Waals surface area contributed by atoms with Crippen molar-refractivity contribution in [1.29, 1.82) is 0 Å². The fourth-order valence-electron chi connectivity index (χ4n) is 1.75. The summed E-state index contributed by atoms with van der Waals surface area (Å²) in [5.41, 5.74) is 10.6. The lowest BCUT2D eigenvalue weighted by molar-refractivity contribution is 1.14. The molecular weight excluding hydrogens is 202 g/mol. The highest BCUT2D eigenvalue weighted by Crippen LogP contribution is 2.34. The van der Waals surface area contributed by atoms with Gasteiger partial charge in [0.05, 0.1) is 5.69 Å². The molecule has 0 bridgehead atoms. The molecule has 78 valence electrons. The molecule has 1 heterocycles. The standard InChI is InChI=1S/C13H15NS/c1-3-10-4-6-11(7-5-10)13-9(2)15-8-12(13)14/h4-8H,3,14H2,1-2H3. The summed E-state index contributed by atoms with van der Waals surface area (Å²) >= 11 is 1.71. The monoisotopic (exact) mass is 217 g/mol. The first-order valence-corrected chi connectivity index (χ1v) is 6.03. The summed E-state index contributed by atoms with van der Waals surface area (Å²) in [7, 11) is 0. The highest BCUT2D eigenvalue weighted by Gasteiger charge is 2.07. The van der Waals surface area contributed by atoms with Crippen molar-refractivity contribution in [2.24, 2.45) is 0 Å². The number of aryl methyl sites for hydroxylation is 2. The molecular formula is C13H15NS. The number of anilines is 1. The fraction of sp³-hybridized carbons (Fsp3) is 0.231. The van der Waals surface area contributed by atoms with Crippen molar-refractivity contribution in [3.63, 3.8) is 0 Å². The second kappa shape index (κ2) is 4.07. The highest BCUT2D eigenvalue weighted by atomic mass is 32.1. The largest absolute Gasteiger partial charge is 0.398 e. The first kappa shape index (κ1) is 10.2. The molecule has 0 amide bonds. The third kappa shape index (κ3) is 1.90. The van der Waals surface area contributed by atoms with Crippen LogP contribution in [0.5, 0.6) is 0 Å². The lowest BCUT2D eigenvalue weighted by Gasteiger charge is -2.04. The number of benzene rings is 1. The Kier molecular flexibility index (Phi) is 2.78. The van der Waals surface area contributed by atoms with Crippen molar-refractivity contribution < 1.29 is 0 Å². The minimum Gasteiger partial charge on any atom is -0.398 e. The summed E-state index contributed by atoms with van der Waals surface area (Å²) in [6, 6.07) is 8.66. The first-order chi connectivity index (χ1) is 7.22. The first-order valence-electron chi connectivity index (χ1n) is 5.15. The van der Waals surface area contributed by atoms with Gasteiger partial charge in [-0.25, -0.2) is 0 Å². The molecule has 1 nitrogen and oxygen atoms in total. The Labute approximate surface area is 94.6 Å². The summed E-state index contributed by atoms with van der Waals surface area (Å²) in [5.74, 6) is 0. The normalized spacial score (nSPS) is 10.5. The van der Waals surface area contributed by atoms with E-state index >= 15 is 0 Å². The SMILES string of the molecule is CCc1ccc(-c2c(N)csc2C)cc1. The third-order valence-electron chi connectivity index (χ3n) is 2.65. The van der Waals surface area contributed by atoms with Gasteiger partial charge in [0.1, 0.15) is 0 Å². The van der Waals surface area contributed by atoms with Gasteiger partial charge in [-0.3, -0.25) is 0 Å². The molecule has 1 aromatic heterocycles. The lowest BCUT2D eigenvalue weighted by Crippen LogP contribution is -1.87. The molecule has 2 N–H and O–H groups in total. The van der Waals surface area contributed by atoms with Crippen LogP contribution in [0.2, 0.25) is 0 Å². The van der Waals surface area contributed by atoms with Crippen molar-refractivity contribution in [2.45, 2.75) is 20.3 Å². The van der Waals surface area contributed by atoms with E-state index in [9.17, 15) is 0 Å². The number of nitrogen functional groups attached to an aromatic ring is 1. The molecule has 0 aliphatic rings. The van der Waals surface area contributed by atoms with E-state index in [1.165, 1.54) is 21.6 Å². The predicted molar refractivity (Wildman–Crippen MR) is 68.3 cm³/mol. The number of nitrogens with two attached hydrogens (primary N) is 1. The van der Waals surface area contributed by atoms with Crippen LogP contribution in [-0.4, -0.2) is 0 Å². The summed E-state index contributed by atoms with van der Waals surface area (Å²) in [4.78, 5) is 1.29. The van der Waals surface area contributed by atoms with Gasteiger partial charge in [-0.05, 0) is 24.5 Å². The van der Waals surface area contributed by atoms with Gasteiger partial charge >= 0.3 is 0 Å². The van der Waals surface area contributed by atoms with Crippen LogP contribution >= 0.6 is 11.3 Å². The van der Waals surface area contributed by atoms with Crippen LogP contribution in [0.15, 0.2) is 29.6 Å². The average molecular weight is 217 g/mol. The van der Waals surface area contributed by atoms with Gasteiger partial charge in [0.15, 0.2) is 0 Å². The van der Waals surface area contributed by atoms with Gasteiger partial charge in [-0.1, -0.05) is 31.2 Å². The zero-order valence-electron chi connectivity index (χ0n) is 9.08. The van der Waals surface area contributed by atoms with E-state index in [0.29, 0.717) is 0 Å². The average Bonchev–Trinajstić information content (AvgIpc) is 2.59. The second-order valence-corrected chi connectivity index (χ2v) is 4.76. The van der Waals surface area contributed by atoms with Crippen LogP contribution in [0.1, 0.15) is 17.4 Å². The number of hydrogen-bond acceptors (Lipinski definition) is 2. The van der Waals surface area contributed by atoms with E-state index in [1.807, 2.05) is 5.38 Å². The summed E-state index contributed by atoms with van der Waals surface area (Å²) in [6.07, 6.45) is 1.08. The van der Waals surface area contributed by atoms with Crippen molar-refractivity contribution in [1.82, 2.24) is 0 Å². The van der Waals surface area contributed by atoms with E-state index in [0.717, 1.165) is 12.1 Å². The van der Waals surface area contributed by atoms with Crippen LogP contribution in [0.25, 0.3) is 11.1 Å². The van der Waals surface area contributed by atoms with E-state index in [4.69, 9.17) is 5.73 Å². The van der Waals surface area contributed by atoms with Gasteiger partial charge < -0.3 is 5.73 Å². The van der Waals surface area contributed by atoms with Gasteiger partial charge in [-0.15, -0.1) is 11.3 Å². The van der Waals surface area contributed by atoms with Gasteiger partial charge in [-0.2, -0.15) is 0 Å². The van der Waals surface area contributed by atoms with Crippen LogP contribution in [-0.2, 0) is 6.42 Å². The molecule has 0 aliphatic carbocycles. The second-order valence-electron chi connectivity index (χ2n) is 3.67. The molecule has 0 saturated carbocycles. The van der Waals surface area contributed by atoms with E-state index in [1.54, 1.807) is 11.3 Å². The Morgan fingerprint density at radius 2 is 1.87 bits per heavy atom. The predicted octanol–water partition coefficient (Wildman–Crippen LogP) is 3.87. The van der Waals surface area contributed by atoms with Gasteiger partial charge in [0.25, 0.3) is 0 Å². The highest BCUT2D eigenvalue weighted by molar-refractivity contribution is 7.11. The van der Waals surface area contributed by atoms with Gasteiger partial charge in [0, 0.05) is 15.8 Å². The Morgan fingerprint density at radius 1 is 1.20 bits per heavy atom. The molecule has 0 fully saturated rings. The Bertz CT molecular complexity index is 434.